The molecule has 0 aliphatic rings. The van der Waals surface area contributed by atoms with Crippen molar-refractivity contribution in [1.82, 2.24) is 10.3 Å². The monoisotopic (exact) mass is 312 g/mol. The average Bonchev–Trinajstić information content (AvgIpc) is 2.80. The van der Waals surface area contributed by atoms with Crippen molar-refractivity contribution < 1.29 is 4.39 Å². The van der Waals surface area contributed by atoms with Crippen LogP contribution in [-0.2, 0) is 12.8 Å². The first kappa shape index (κ1) is 15.4. The van der Waals surface area contributed by atoms with E-state index in [0.717, 1.165) is 35.7 Å². The van der Waals surface area contributed by atoms with Crippen LogP contribution in [0.5, 0.6) is 0 Å². The minimum absolute atomic E-state index is 0.171. The highest BCUT2D eigenvalue weighted by atomic mass is 35.5. The first-order chi connectivity index (χ1) is 9.58. The highest BCUT2D eigenvalue weighted by Crippen LogP contribution is 2.18. The van der Waals surface area contributed by atoms with Crippen LogP contribution >= 0.6 is 22.9 Å². The normalized spacial score (nSPS) is 12.6. The zero-order valence-corrected chi connectivity index (χ0v) is 13.2. The van der Waals surface area contributed by atoms with Crippen molar-refractivity contribution in [2.75, 3.05) is 6.54 Å². The Hall–Kier alpha value is -0.970. The Bertz CT molecular complexity index is 571. The lowest BCUT2D eigenvalue weighted by molar-refractivity contribution is 0.518. The Morgan fingerprint density at radius 1 is 1.40 bits per heavy atom. The lowest BCUT2D eigenvalue weighted by Gasteiger charge is -2.17. The molecule has 2 rings (SSSR count). The summed E-state index contributed by atoms with van der Waals surface area (Å²) in [6.45, 7) is 4.95. The van der Waals surface area contributed by atoms with Gasteiger partial charge < -0.3 is 5.32 Å². The third-order valence-corrected chi connectivity index (χ3v) is 4.34. The summed E-state index contributed by atoms with van der Waals surface area (Å²) in [6.07, 6.45) is 1.62. The van der Waals surface area contributed by atoms with Gasteiger partial charge in [-0.15, -0.1) is 11.3 Å². The van der Waals surface area contributed by atoms with E-state index in [-0.39, 0.29) is 16.9 Å². The third kappa shape index (κ3) is 4.27. The van der Waals surface area contributed by atoms with Crippen LogP contribution in [0, 0.1) is 12.7 Å². The fourth-order valence-electron chi connectivity index (χ4n) is 2.16. The van der Waals surface area contributed by atoms with Gasteiger partial charge in [0.2, 0.25) is 0 Å². The van der Waals surface area contributed by atoms with Crippen molar-refractivity contribution in [2.24, 2.45) is 0 Å². The van der Waals surface area contributed by atoms with Gasteiger partial charge in [0, 0.05) is 23.5 Å². The minimum Gasteiger partial charge on any atom is -0.314 e. The molecule has 0 bridgehead atoms. The van der Waals surface area contributed by atoms with Crippen LogP contribution in [0.3, 0.4) is 0 Å². The van der Waals surface area contributed by atoms with Crippen molar-refractivity contribution >= 4 is 22.9 Å². The molecule has 1 heterocycles. The number of aromatic nitrogens is 1. The third-order valence-electron chi connectivity index (χ3n) is 3.05. The predicted octanol–water partition coefficient (Wildman–Crippen LogP) is 4.01. The molecule has 1 aromatic heterocycles. The summed E-state index contributed by atoms with van der Waals surface area (Å²) in [5, 5.41) is 6.77. The maximum atomic E-state index is 13.5. The Kier molecular flexibility index (Phi) is 5.52. The lowest BCUT2D eigenvalue weighted by Crippen LogP contribution is -2.33. The molecular weight excluding hydrogens is 295 g/mol. The van der Waals surface area contributed by atoms with Crippen molar-refractivity contribution in [3.8, 4) is 0 Å². The number of hydrogen-bond acceptors (Lipinski definition) is 3. The molecule has 2 nitrogen and oxygen atoms in total. The summed E-state index contributed by atoms with van der Waals surface area (Å²) in [7, 11) is 0. The molecular formula is C15H18ClFN2S. The van der Waals surface area contributed by atoms with Crippen LogP contribution in [0.25, 0.3) is 0 Å². The maximum Gasteiger partial charge on any atom is 0.142 e. The molecule has 20 heavy (non-hydrogen) atoms. The molecule has 0 spiro atoms. The molecule has 0 saturated carbocycles. The highest BCUT2D eigenvalue weighted by Gasteiger charge is 2.13. The van der Waals surface area contributed by atoms with Gasteiger partial charge in [-0.1, -0.05) is 24.6 Å². The van der Waals surface area contributed by atoms with Crippen LogP contribution in [-0.4, -0.2) is 17.6 Å². The summed E-state index contributed by atoms with van der Waals surface area (Å²) >= 11 is 7.39. The fraction of sp³-hybridized carbons (Fsp3) is 0.400. The number of likely N-dealkylation sites (N-methyl/N-ethyl adjacent to an activating group) is 1. The lowest BCUT2D eigenvalue weighted by atomic mass is 10.0. The molecule has 108 valence electrons. The number of halogens is 2. The summed E-state index contributed by atoms with van der Waals surface area (Å²) in [4.78, 5) is 4.49. The number of benzene rings is 1. The van der Waals surface area contributed by atoms with Crippen LogP contribution in [0.4, 0.5) is 4.39 Å². The zero-order chi connectivity index (χ0) is 14.5. The number of thiazole rings is 1. The Labute approximate surface area is 128 Å². The van der Waals surface area contributed by atoms with Crippen molar-refractivity contribution in [1.29, 1.82) is 0 Å². The van der Waals surface area contributed by atoms with Gasteiger partial charge in [0.25, 0.3) is 0 Å². The molecule has 1 unspecified atom stereocenters. The summed E-state index contributed by atoms with van der Waals surface area (Å²) in [5.41, 5.74) is 2.00. The number of nitrogens with zero attached hydrogens (tertiary/aromatic N) is 1. The first-order valence-electron chi connectivity index (χ1n) is 6.66. The second-order valence-corrected chi connectivity index (χ2v) is 6.14. The molecule has 1 N–H and O–H groups in total. The van der Waals surface area contributed by atoms with E-state index >= 15 is 0 Å². The van der Waals surface area contributed by atoms with Crippen molar-refractivity contribution in [3.05, 3.63) is 50.7 Å². The van der Waals surface area contributed by atoms with E-state index in [1.807, 2.05) is 13.0 Å². The molecule has 0 aliphatic carbocycles. The van der Waals surface area contributed by atoms with Gasteiger partial charge in [0.1, 0.15) is 5.82 Å². The maximum absolute atomic E-state index is 13.5. The molecule has 1 aromatic carbocycles. The smallest absolute Gasteiger partial charge is 0.142 e. The predicted molar refractivity (Wildman–Crippen MR) is 83.1 cm³/mol. The zero-order valence-electron chi connectivity index (χ0n) is 11.6. The molecule has 0 radical (unpaired) electrons. The fourth-order valence-corrected chi connectivity index (χ4v) is 3.13. The van der Waals surface area contributed by atoms with E-state index in [2.05, 4.69) is 22.6 Å². The number of rotatable bonds is 6. The van der Waals surface area contributed by atoms with Gasteiger partial charge in [0.05, 0.1) is 10.0 Å². The van der Waals surface area contributed by atoms with Crippen LogP contribution in [0.2, 0.25) is 5.02 Å². The average molecular weight is 313 g/mol. The second-order valence-electron chi connectivity index (χ2n) is 4.79. The van der Waals surface area contributed by atoms with E-state index in [1.165, 1.54) is 6.07 Å². The number of aryl methyl sites for hydroxylation is 1. The first-order valence-corrected chi connectivity index (χ1v) is 7.92. The van der Waals surface area contributed by atoms with E-state index in [9.17, 15) is 4.39 Å². The van der Waals surface area contributed by atoms with Gasteiger partial charge in [-0.2, -0.15) is 0 Å². The molecule has 2 aromatic rings. The van der Waals surface area contributed by atoms with Gasteiger partial charge in [-0.05, 0) is 37.6 Å². The molecule has 5 heteroatoms. The number of nitrogens with one attached hydrogen (secondary N) is 1. The van der Waals surface area contributed by atoms with E-state index in [4.69, 9.17) is 11.6 Å². The summed E-state index contributed by atoms with van der Waals surface area (Å²) in [6, 6.07) is 5.26. The molecule has 0 amide bonds. The molecule has 0 aliphatic heterocycles. The Balaban J connectivity index is 2.06. The quantitative estimate of drug-likeness (QED) is 0.872. The van der Waals surface area contributed by atoms with E-state index in [1.54, 1.807) is 17.4 Å². The standard InChI is InChI=1S/C15H18ClFN2S/c1-3-18-12(8-15-19-10(2)9-20-15)6-11-4-5-13(16)14(17)7-11/h4-5,7,9,12,18H,3,6,8H2,1-2H3. The van der Waals surface area contributed by atoms with Gasteiger partial charge in [0.15, 0.2) is 0 Å². The van der Waals surface area contributed by atoms with Gasteiger partial charge in [-0.25, -0.2) is 9.37 Å². The van der Waals surface area contributed by atoms with Crippen molar-refractivity contribution in [3.63, 3.8) is 0 Å². The van der Waals surface area contributed by atoms with Crippen LogP contribution < -0.4 is 5.32 Å². The Morgan fingerprint density at radius 2 is 2.20 bits per heavy atom. The van der Waals surface area contributed by atoms with Crippen LogP contribution in [0.15, 0.2) is 23.6 Å². The molecule has 0 saturated heterocycles. The van der Waals surface area contributed by atoms with Gasteiger partial charge >= 0.3 is 0 Å². The topological polar surface area (TPSA) is 24.9 Å². The van der Waals surface area contributed by atoms with Gasteiger partial charge in [-0.3, -0.25) is 0 Å². The summed E-state index contributed by atoms with van der Waals surface area (Å²) in [5.74, 6) is -0.357. The molecule has 0 fully saturated rings. The SMILES string of the molecule is CCNC(Cc1ccc(Cl)c(F)c1)Cc1nc(C)cs1. The van der Waals surface area contributed by atoms with Crippen LogP contribution in [0.1, 0.15) is 23.2 Å². The number of hydrogen-bond donors (Lipinski definition) is 1. The minimum atomic E-state index is -0.357. The van der Waals surface area contributed by atoms with E-state index < -0.39 is 0 Å². The molecule has 1 atom stereocenters. The largest absolute Gasteiger partial charge is 0.314 e. The highest BCUT2D eigenvalue weighted by molar-refractivity contribution is 7.09. The second kappa shape index (κ2) is 7.16. The van der Waals surface area contributed by atoms with E-state index in [0.29, 0.717) is 0 Å². The summed E-state index contributed by atoms with van der Waals surface area (Å²) < 4.78 is 13.5. The van der Waals surface area contributed by atoms with Crippen molar-refractivity contribution in [2.45, 2.75) is 32.7 Å². The Morgan fingerprint density at radius 3 is 2.80 bits per heavy atom.